The van der Waals surface area contributed by atoms with Crippen molar-refractivity contribution >= 4 is 52.1 Å². The minimum atomic E-state index is -0.662. The number of fused-ring (bicyclic) bond motifs is 1. The van der Waals surface area contributed by atoms with Crippen molar-refractivity contribution in [3.63, 3.8) is 0 Å². The van der Waals surface area contributed by atoms with Crippen molar-refractivity contribution in [2.24, 2.45) is 5.10 Å². The number of halogens is 2. The van der Waals surface area contributed by atoms with Crippen molar-refractivity contribution < 1.29 is 18.9 Å². The molecule has 0 saturated heterocycles. The van der Waals surface area contributed by atoms with E-state index in [1.165, 1.54) is 12.1 Å². The zero-order valence-electron chi connectivity index (χ0n) is 18.8. The SMILES string of the molecule is Cc1c(Cl)cccc1NC(=O)c1oc2c(c1C)/C(=N/NC(=O)c1ccc(Cl)c([N+](=O)[O-])c1)CCC2. The molecule has 1 heterocycles. The number of rotatable bonds is 5. The molecule has 0 aliphatic heterocycles. The monoisotopic (exact) mass is 514 g/mol. The molecule has 2 amide bonds. The number of carbonyl (C=O) groups excluding carboxylic acids is 2. The van der Waals surface area contributed by atoms with E-state index < -0.39 is 16.7 Å². The van der Waals surface area contributed by atoms with E-state index in [4.69, 9.17) is 27.6 Å². The smallest absolute Gasteiger partial charge is 0.291 e. The first kappa shape index (κ1) is 24.4. The lowest BCUT2D eigenvalue weighted by Crippen LogP contribution is -2.22. The Kier molecular flexibility index (Phi) is 6.90. The van der Waals surface area contributed by atoms with Crippen LogP contribution in [0.3, 0.4) is 0 Å². The van der Waals surface area contributed by atoms with Crippen LogP contribution in [0.5, 0.6) is 0 Å². The summed E-state index contributed by atoms with van der Waals surface area (Å²) in [4.78, 5) is 36.0. The second-order valence-electron chi connectivity index (χ2n) is 8.00. The van der Waals surface area contributed by atoms with Crippen molar-refractivity contribution in [3.8, 4) is 0 Å². The van der Waals surface area contributed by atoms with Gasteiger partial charge in [0.25, 0.3) is 17.5 Å². The number of hydrogen-bond donors (Lipinski definition) is 2. The Morgan fingerprint density at radius 1 is 1.06 bits per heavy atom. The number of hydrazone groups is 1. The molecular formula is C24H20Cl2N4O5. The molecule has 0 bridgehead atoms. The van der Waals surface area contributed by atoms with Gasteiger partial charge < -0.3 is 9.73 Å². The molecular weight excluding hydrogens is 495 g/mol. The molecule has 35 heavy (non-hydrogen) atoms. The summed E-state index contributed by atoms with van der Waals surface area (Å²) in [6, 6.07) is 8.98. The maximum Gasteiger partial charge on any atom is 0.291 e. The maximum absolute atomic E-state index is 13.0. The van der Waals surface area contributed by atoms with Crippen molar-refractivity contribution in [1.82, 2.24) is 5.43 Å². The van der Waals surface area contributed by atoms with Crippen LogP contribution in [-0.4, -0.2) is 22.4 Å². The normalized spacial score (nSPS) is 13.9. The number of nitro benzene ring substituents is 1. The van der Waals surface area contributed by atoms with Gasteiger partial charge in [0.1, 0.15) is 10.8 Å². The second kappa shape index (κ2) is 9.89. The zero-order chi connectivity index (χ0) is 25.3. The quantitative estimate of drug-likeness (QED) is 0.326. The van der Waals surface area contributed by atoms with Crippen molar-refractivity contribution in [1.29, 1.82) is 0 Å². The minimum Gasteiger partial charge on any atom is -0.455 e. The lowest BCUT2D eigenvalue weighted by Gasteiger charge is -2.13. The summed E-state index contributed by atoms with van der Waals surface area (Å²) in [7, 11) is 0. The number of nitrogens with zero attached hydrogens (tertiary/aromatic N) is 2. The van der Waals surface area contributed by atoms with Crippen LogP contribution in [0.1, 0.15) is 56.2 Å². The van der Waals surface area contributed by atoms with Gasteiger partial charge in [0.15, 0.2) is 5.76 Å². The number of carbonyl (C=O) groups is 2. The molecule has 2 N–H and O–H groups in total. The summed E-state index contributed by atoms with van der Waals surface area (Å²) in [5, 5.41) is 18.6. The highest BCUT2D eigenvalue weighted by Crippen LogP contribution is 2.31. The Labute approximate surface area is 210 Å². The third kappa shape index (κ3) is 4.91. The van der Waals surface area contributed by atoms with Gasteiger partial charge in [-0.1, -0.05) is 29.3 Å². The standard InChI is InChI=1S/C24H20Cl2N4O5/c1-12-15(25)5-3-6-17(12)27-24(32)22-13(2)21-18(7-4-8-20(21)35-22)28-29-23(31)14-9-10-16(26)19(11-14)30(33)34/h3,5-6,9-11H,4,7-8H2,1-2H3,(H,27,32)(H,29,31)/b28-18+. The van der Waals surface area contributed by atoms with Crippen molar-refractivity contribution in [3.05, 3.63) is 90.3 Å². The number of nitro groups is 1. The van der Waals surface area contributed by atoms with E-state index in [0.717, 1.165) is 18.1 Å². The highest BCUT2D eigenvalue weighted by Gasteiger charge is 2.28. The van der Waals surface area contributed by atoms with Crippen LogP contribution in [0.4, 0.5) is 11.4 Å². The van der Waals surface area contributed by atoms with Gasteiger partial charge in [-0.3, -0.25) is 19.7 Å². The molecule has 2 aromatic carbocycles. The first-order valence-corrected chi connectivity index (χ1v) is 11.4. The number of benzene rings is 2. The molecule has 3 aromatic rings. The molecule has 0 spiro atoms. The van der Waals surface area contributed by atoms with Gasteiger partial charge in [-0.25, -0.2) is 5.43 Å². The molecule has 0 fully saturated rings. The number of amides is 2. The van der Waals surface area contributed by atoms with Gasteiger partial charge in [0.05, 0.1) is 10.6 Å². The average molecular weight is 515 g/mol. The molecule has 0 unspecified atom stereocenters. The third-order valence-electron chi connectivity index (χ3n) is 5.75. The van der Waals surface area contributed by atoms with E-state index in [1.54, 1.807) is 32.0 Å². The highest BCUT2D eigenvalue weighted by molar-refractivity contribution is 6.33. The average Bonchev–Trinajstić information content (AvgIpc) is 3.17. The first-order chi connectivity index (χ1) is 16.7. The van der Waals surface area contributed by atoms with Crippen LogP contribution >= 0.6 is 23.2 Å². The fourth-order valence-corrected chi connectivity index (χ4v) is 4.26. The molecule has 0 atom stereocenters. The molecule has 4 rings (SSSR count). The van der Waals surface area contributed by atoms with Crippen LogP contribution < -0.4 is 10.7 Å². The number of hydrogen-bond acceptors (Lipinski definition) is 6. The third-order valence-corrected chi connectivity index (χ3v) is 6.47. The van der Waals surface area contributed by atoms with E-state index >= 15 is 0 Å². The fourth-order valence-electron chi connectivity index (χ4n) is 3.90. The van der Waals surface area contributed by atoms with Gasteiger partial charge in [0, 0.05) is 39.9 Å². The van der Waals surface area contributed by atoms with Crippen molar-refractivity contribution in [2.75, 3.05) is 5.32 Å². The van der Waals surface area contributed by atoms with Crippen LogP contribution in [0.2, 0.25) is 10.0 Å². The summed E-state index contributed by atoms with van der Waals surface area (Å²) in [6.07, 6.45) is 1.90. The van der Waals surface area contributed by atoms with Gasteiger partial charge in [-0.2, -0.15) is 5.10 Å². The predicted octanol–water partition coefficient (Wildman–Crippen LogP) is 5.83. The van der Waals surface area contributed by atoms with Gasteiger partial charge >= 0.3 is 0 Å². The predicted molar refractivity (Wildman–Crippen MR) is 133 cm³/mol. The summed E-state index contributed by atoms with van der Waals surface area (Å²) in [5.74, 6) is -0.278. The van der Waals surface area contributed by atoms with E-state index in [2.05, 4.69) is 15.8 Å². The summed E-state index contributed by atoms with van der Waals surface area (Å²) >= 11 is 12.0. The van der Waals surface area contributed by atoms with Gasteiger partial charge in [0.2, 0.25) is 0 Å². The largest absolute Gasteiger partial charge is 0.455 e. The molecule has 1 aliphatic carbocycles. The number of furan rings is 1. The van der Waals surface area contributed by atoms with Crippen LogP contribution in [0, 0.1) is 24.0 Å². The Morgan fingerprint density at radius 3 is 2.57 bits per heavy atom. The molecule has 1 aromatic heterocycles. The molecule has 1 aliphatic rings. The molecule has 11 heteroatoms. The van der Waals surface area contributed by atoms with Crippen LogP contribution in [0.15, 0.2) is 45.9 Å². The second-order valence-corrected chi connectivity index (χ2v) is 8.81. The lowest BCUT2D eigenvalue weighted by atomic mass is 9.93. The Morgan fingerprint density at radius 2 is 1.83 bits per heavy atom. The topological polar surface area (TPSA) is 127 Å². The van der Waals surface area contributed by atoms with E-state index in [0.29, 0.717) is 46.2 Å². The van der Waals surface area contributed by atoms with Crippen molar-refractivity contribution in [2.45, 2.75) is 33.1 Å². The van der Waals surface area contributed by atoms with Crippen LogP contribution in [-0.2, 0) is 6.42 Å². The molecule has 180 valence electrons. The van der Waals surface area contributed by atoms with Crippen LogP contribution in [0.25, 0.3) is 0 Å². The van der Waals surface area contributed by atoms with E-state index in [9.17, 15) is 19.7 Å². The number of anilines is 1. The number of aryl methyl sites for hydroxylation is 1. The fraction of sp³-hybridized carbons (Fsp3) is 0.208. The molecule has 0 radical (unpaired) electrons. The van der Waals surface area contributed by atoms with Gasteiger partial charge in [-0.15, -0.1) is 0 Å². The first-order valence-electron chi connectivity index (χ1n) is 10.7. The maximum atomic E-state index is 13.0. The van der Waals surface area contributed by atoms with E-state index in [1.807, 2.05) is 0 Å². The lowest BCUT2D eigenvalue weighted by molar-refractivity contribution is -0.384. The molecule has 9 nitrogen and oxygen atoms in total. The summed E-state index contributed by atoms with van der Waals surface area (Å²) in [6.45, 7) is 3.56. The highest BCUT2D eigenvalue weighted by atomic mass is 35.5. The Hall–Kier alpha value is -3.69. The summed E-state index contributed by atoms with van der Waals surface area (Å²) < 4.78 is 5.89. The minimum absolute atomic E-state index is 0.0438. The van der Waals surface area contributed by atoms with Gasteiger partial charge in [-0.05, 0) is 56.5 Å². The number of nitrogens with one attached hydrogen (secondary N) is 2. The zero-order valence-corrected chi connectivity index (χ0v) is 20.3. The Balaban J connectivity index is 1.58. The van der Waals surface area contributed by atoms with E-state index in [-0.39, 0.29) is 22.0 Å². The summed E-state index contributed by atoms with van der Waals surface area (Å²) in [5.41, 5.74) is 5.26. The molecule has 0 saturated carbocycles. The Bertz CT molecular complexity index is 1400.